The van der Waals surface area contributed by atoms with Crippen molar-refractivity contribution in [2.24, 2.45) is 0 Å². The Balaban J connectivity index is 3.42. The van der Waals surface area contributed by atoms with Gasteiger partial charge in [0.05, 0.1) is 0 Å². The van der Waals surface area contributed by atoms with Crippen LogP contribution in [0, 0.1) is 3.57 Å². The normalized spacial score (nSPS) is 14.7. The predicted molar refractivity (Wildman–Crippen MR) is 91.2 cm³/mol. The second-order valence-corrected chi connectivity index (χ2v) is 12.1. The zero-order valence-electron chi connectivity index (χ0n) is 13.5. The van der Waals surface area contributed by atoms with E-state index in [1.807, 2.05) is 0 Å². The number of alkyl halides is 6. The summed E-state index contributed by atoms with van der Waals surface area (Å²) in [5, 5.41) is 0. The van der Waals surface area contributed by atoms with Crippen LogP contribution in [0.25, 0.3) is 0 Å². The summed E-state index contributed by atoms with van der Waals surface area (Å²) in [6.45, 7) is -0.911. The van der Waals surface area contributed by atoms with Crippen molar-refractivity contribution < 1.29 is 54.6 Å². The number of hydrogen-bond donors (Lipinski definition) is 0. The van der Waals surface area contributed by atoms with E-state index in [0.29, 0.717) is 4.08 Å². The van der Waals surface area contributed by atoms with Crippen molar-refractivity contribution in [1.29, 1.82) is 0 Å². The van der Waals surface area contributed by atoms with Crippen LogP contribution in [0.1, 0.15) is 0 Å². The number of methoxy groups -OCH3 is 1. The summed E-state index contributed by atoms with van der Waals surface area (Å²) in [5.74, 6) is -1.08. The maximum absolute atomic E-state index is 12.6. The fourth-order valence-electron chi connectivity index (χ4n) is 1.30. The molecule has 0 aliphatic carbocycles. The van der Waals surface area contributed by atoms with Crippen molar-refractivity contribution in [1.82, 2.24) is 0 Å². The zero-order chi connectivity index (χ0) is 21.8. The molecule has 0 bridgehead atoms. The van der Waals surface area contributed by atoms with Crippen molar-refractivity contribution in [3.8, 4) is 0 Å². The van der Waals surface area contributed by atoms with Crippen LogP contribution in [0.5, 0.6) is 0 Å². The van der Waals surface area contributed by atoms with E-state index in [1.165, 1.54) is 18.2 Å². The van der Waals surface area contributed by atoms with Crippen molar-refractivity contribution in [3.63, 3.8) is 0 Å². The van der Waals surface area contributed by atoms with Crippen LogP contribution in [0.15, 0.2) is 40.2 Å². The van der Waals surface area contributed by atoms with E-state index in [0.717, 1.165) is 19.2 Å². The zero-order valence-corrected chi connectivity index (χ0v) is 17.3. The number of halogens is 7. The van der Waals surface area contributed by atoms with E-state index in [2.05, 4.69) is 11.4 Å². The summed E-state index contributed by atoms with van der Waals surface area (Å²) in [6.07, 6.45) is 0. The molecule has 1 aromatic carbocycles. The van der Waals surface area contributed by atoms with Gasteiger partial charge in [-0.1, -0.05) is 0 Å². The van der Waals surface area contributed by atoms with Gasteiger partial charge in [0.2, 0.25) is 0 Å². The second kappa shape index (κ2) is 9.14. The van der Waals surface area contributed by atoms with Crippen molar-refractivity contribution in [2.75, 3.05) is 13.7 Å². The van der Waals surface area contributed by atoms with Gasteiger partial charge in [-0.15, -0.1) is 0 Å². The quantitative estimate of drug-likeness (QED) is 0.155. The Labute approximate surface area is 163 Å². The molecular formula is C12H11F6IO7S2. The molecule has 0 fully saturated rings. The van der Waals surface area contributed by atoms with E-state index in [4.69, 9.17) is 0 Å². The molecule has 0 aliphatic heterocycles. The summed E-state index contributed by atoms with van der Waals surface area (Å²) in [5.41, 5.74) is -11.6. The standard InChI is InChI=1S/C12H11F6IO7S2/c1-24-8-10(25-27(20,21)11(13,14)15)7-19(9-5-3-2-4-6-9)26-28(22,23)12(16,17)18/h2-7H,8H2,1H3/b10-7+. The van der Waals surface area contributed by atoms with Crippen molar-refractivity contribution >= 4 is 40.5 Å². The molecule has 16 heteroatoms. The monoisotopic (exact) mass is 572 g/mol. The van der Waals surface area contributed by atoms with Gasteiger partial charge < -0.3 is 0 Å². The minimum atomic E-state index is -6.17. The van der Waals surface area contributed by atoms with Gasteiger partial charge in [0, 0.05) is 0 Å². The summed E-state index contributed by atoms with van der Waals surface area (Å²) in [6, 6.07) is 6.37. The van der Waals surface area contributed by atoms with E-state index in [9.17, 15) is 43.2 Å². The van der Waals surface area contributed by atoms with E-state index in [-0.39, 0.29) is 3.57 Å². The Morgan fingerprint density at radius 1 is 0.964 bits per heavy atom. The summed E-state index contributed by atoms with van der Waals surface area (Å²) >= 11 is -4.07. The van der Waals surface area contributed by atoms with Gasteiger partial charge >= 0.3 is 164 Å². The average Bonchev–Trinajstić information content (AvgIpc) is 2.52. The molecule has 162 valence electrons. The minimum absolute atomic E-state index is 0.0962. The Bertz CT molecular complexity index is 895. The molecule has 1 aromatic rings. The van der Waals surface area contributed by atoms with Gasteiger partial charge in [-0.2, -0.15) is 0 Å². The summed E-state index contributed by atoms with van der Waals surface area (Å²) < 4.78 is 133. The number of hydrogen-bond acceptors (Lipinski definition) is 7. The van der Waals surface area contributed by atoms with Gasteiger partial charge in [0.15, 0.2) is 0 Å². The Hall–Kier alpha value is -1.11. The van der Waals surface area contributed by atoms with Gasteiger partial charge in [0.1, 0.15) is 0 Å². The molecule has 0 spiro atoms. The van der Waals surface area contributed by atoms with Crippen LogP contribution < -0.4 is 0 Å². The maximum atomic E-state index is 12.6. The number of ether oxygens (including phenoxy) is 1. The third-order valence-corrected chi connectivity index (χ3v) is 10.0. The molecule has 0 saturated heterocycles. The van der Waals surface area contributed by atoms with E-state index < -0.39 is 63.9 Å². The summed E-state index contributed by atoms with van der Waals surface area (Å²) in [4.78, 5) is 0. The first-order chi connectivity index (χ1) is 12.6. The fourth-order valence-corrected chi connectivity index (χ4v) is 7.80. The third-order valence-electron chi connectivity index (χ3n) is 2.39. The molecule has 0 aliphatic rings. The average molecular weight is 572 g/mol. The van der Waals surface area contributed by atoms with Gasteiger partial charge in [-0.05, 0) is 0 Å². The van der Waals surface area contributed by atoms with Gasteiger partial charge in [-0.25, -0.2) is 0 Å². The van der Waals surface area contributed by atoms with Crippen molar-refractivity contribution in [3.05, 3.63) is 43.7 Å². The van der Waals surface area contributed by atoms with E-state index in [1.54, 1.807) is 0 Å². The molecule has 0 radical (unpaired) electrons. The molecule has 0 N–H and O–H groups in total. The molecular weight excluding hydrogens is 561 g/mol. The van der Waals surface area contributed by atoms with Crippen LogP contribution in [0.4, 0.5) is 26.3 Å². The van der Waals surface area contributed by atoms with Crippen LogP contribution >= 0.6 is 20.2 Å². The first kappa shape index (κ1) is 24.9. The van der Waals surface area contributed by atoms with E-state index >= 15 is 0 Å². The van der Waals surface area contributed by atoms with Gasteiger partial charge in [0.25, 0.3) is 0 Å². The fraction of sp³-hybridized carbons (Fsp3) is 0.333. The van der Waals surface area contributed by atoms with Crippen LogP contribution in [-0.4, -0.2) is 41.6 Å². The first-order valence-corrected chi connectivity index (χ1v) is 12.6. The molecule has 7 nitrogen and oxygen atoms in total. The molecule has 0 atom stereocenters. The SMILES string of the molecule is COC/C(=C\I(OS(=O)(=O)C(F)(F)F)c1ccccc1)OS(=O)(=O)C(F)(F)F. The topological polar surface area (TPSA) is 96.0 Å². The predicted octanol–water partition coefficient (Wildman–Crippen LogP) is 3.50. The number of benzene rings is 1. The Kier molecular flexibility index (Phi) is 8.14. The second-order valence-electron chi connectivity index (χ2n) is 4.53. The molecule has 0 unspecified atom stereocenters. The Morgan fingerprint density at radius 2 is 1.46 bits per heavy atom. The van der Waals surface area contributed by atoms with Gasteiger partial charge in [-0.3, -0.25) is 0 Å². The van der Waals surface area contributed by atoms with Crippen LogP contribution in [0.3, 0.4) is 0 Å². The number of rotatable bonds is 8. The Morgan fingerprint density at radius 3 is 1.89 bits per heavy atom. The molecule has 0 amide bonds. The van der Waals surface area contributed by atoms with Crippen LogP contribution in [0.2, 0.25) is 0 Å². The molecule has 0 aromatic heterocycles. The third kappa shape index (κ3) is 6.75. The van der Waals surface area contributed by atoms with Crippen LogP contribution in [-0.2, 0) is 31.7 Å². The first-order valence-electron chi connectivity index (χ1n) is 6.56. The summed E-state index contributed by atoms with van der Waals surface area (Å²) in [7, 11) is -11.4. The molecule has 0 heterocycles. The molecule has 28 heavy (non-hydrogen) atoms. The van der Waals surface area contributed by atoms with Crippen molar-refractivity contribution in [2.45, 2.75) is 11.0 Å². The molecule has 0 saturated carbocycles. The molecule has 1 rings (SSSR count).